The van der Waals surface area contributed by atoms with Gasteiger partial charge in [0.15, 0.2) is 0 Å². The molecule has 0 aromatic carbocycles. The van der Waals surface area contributed by atoms with Gasteiger partial charge in [-0.15, -0.1) is 10.2 Å². The first-order chi connectivity index (χ1) is 6.81. The van der Waals surface area contributed by atoms with Crippen molar-refractivity contribution in [2.45, 2.75) is 26.2 Å². The van der Waals surface area contributed by atoms with Crippen molar-refractivity contribution in [1.29, 1.82) is 0 Å². The van der Waals surface area contributed by atoms with E-state index in [1.165, 1.54) is 0 Å². The first-order valence-corrected chi connectivity index (χ1v) is 5.45. The molecule has 0 aliphatic heterocycles. The van der Waals surface area contributed by atoms with E-state index in [-0.39, 0.29) is 0 Å². The molecular weight excluding hydrogens is 244 g/mol. The van der Waals surface area contributed by atoms with Crippen molar-refractivity contribution in [3.05, 3.63) is 22.7 Å². The highest BCUT2D eigenvalue weighted by atomic mass is 79.9. The Balaban J connectivity index is 2.40. The summed E-state index contributed by atoms with van der Waals surface area (Å²) in [5, 5.41) is 8.10. The molecular formula is C9H11BrN4. The fourth-order valence-corrected chi connectivity index (χ4v) is 1.62. The molecule has 0 aliphatic carbocycles. The van der Waals surface area contributed by atoms with Gasteiger partial charge >= 0.3 is 0 Å². The molecule has 0 saturated heterocycles. The summed E-state index contributed by atoms with van der Waals surface area (Å²) in [6.07, 6.45) is 6.93. The van der Waals surface area contributed by atoms with Crippen molar-refractivity contribution in [3.63, 3.8) is 0 Å². The molecule has 5 heteroatoms. The second-order valence-electron chi connectivity index (χ2n) is 3.16. The summed E-state index contributed by atoms with van der Waals surface area (Å²) < 4.78 is 2.88. The van der Waals surface area contributed by atoms with E-state index >= 15 is 0 Å². The summed E-state index contributed by atoms with van der Waals surface area (Å²) in [7, 11) is 0. The smallest absolute Gasteiger partial charge is 0.255 e. The van der Waals surface area contributed by atoms with Gasteiger partial charge in [-0.1, -0.05) is 13.3 Å². The molecule has 0 amide bonds. The van der Waals surface area contributed by atoms with Crippen molar-refractivity contribution in [2.75, 3.05) is 0 Å². The average Bonchev–Trinajstić information content (AvgIpc) is 2.57. The van der Waals surface area contributed by atoms with Crippen LogP contribution in [0.5, 0.6) is 0 Å². The number of nitrogens with zero attached hydrogens (tertiary/aromatic N) is 4. The van der Waals surface area contributed by atoms with Crippen LogP contribution in [0.2, 0.25) is 0 Å². The first-order valence-electron chi connectivity index (χ1n) is 4.66. The fraction of sp³-hybridized carbons (Fsp3) is 0.444. The Labute approximate surface area is 90.5 Å². The minimum atomic E-state index is 0.666. The van der Waals surface area contributed by atoms with Gasteiger partial charge in [0.05, 0.1) is 4.47 Å². The van der Waals surface area contributed by atoms with Crippen LogP contribution in [0.1, 0.15) is 25.6 Å². The number of unbranched alkanes of at least 4 members (excludes halogenated alkanes) is 1. The van der Waals surface area contributed by atoms with Gasteiger partial charge in [0.2, 0.25) is 0 Å². The third kappa shape index (κ3) is 1.77. The Kier molecular flexibility index (Phi) is 2.77. The molecule has 0 bridgehead atoms. The number of hydrogen-bond acceptors (Lipinski definition) is 3. The van der Waals surface area contributed by atoms with Crippen molar-refractivity contribution >= 4 is 21.7 Å². The molecule has 2 heterocycles. The second kappa shape index (κ2) is 4.04. The normalized spacial score (nSPS) is 11.0. The largest absolute Gasteiger partial charge is 0.269 e. The van der Waals surface area contributed by atoms with Gasteiger partial charge in [0.1, 0.15) is 5.82 Å². The topological polar surface area (TPSA) is 43.1 Å². The third-order valence-electron chi connectivity index (χ3n) is 2.06. The fourth-order valence-electron chi connectivity index (χ4n) is 1.32. The molecule has 2 aromatic heterocycles. The van der Waals surface area contributed by atoms with E-state index in [4.69, 9.17) is 0 Å². The van der Waals surface area contributed by atoms with E-state index in [0.29, 0.717) is 5.78 Å². The second-order valence-corrected chi connectivity index (χ2v) is 4.08. The monoisotopic (exact) mass is 254 g/mol. The molecule has 0 aliphatic rings. The zero-order chi connectivity index (χ0) is 9.97. The standard InChI is InChI=1S/C9H11BrN4/c1-2-3-4-8-12-13-9-11-5-7(10)6-14(8)9/h5-6H,2-4H2,1H3. The van der Waals surface area contributed by atoms with Crippen molar-refractivity contribution in [1.82, 2.24) is 19.6 Å². The molecule has 0 spiro atoms. The lowest BCUT2D eigenvalue weighted by molar-refractivity contribution is 0.742. The molecule has 0 fully saturated rings. The molecule has 0 unspecified atom stereocenters. The van der Waals surface area contributed by atoms with Crippen LogP contribution in [0, 0.1) is 0 Å². The number of rotatable bonds is 3. The van der Waals surface area contributed by atoms with E-state index in [2.05, 4.69) is 38.0 Å². The van der Waals surface area contributed by atoms with Gasteiger partial charge in [0, 0.05) is 18.8 Å². The third-order valence-corrected chi connectivity index (χ3v) is 2.47. The summed E-state index contributed by atoms with van der Waals surface area (Å²) in [6, 6.07) is 0. The molecule has 2 rings (SSSR count). The van der Waals surface area contributed by atoms with E-state index < -0.39 is 0 Å². The average molecular weight is 255 g/mol. The maximum absolute atomic E-state index is 4.15. The Morgan fingerprint density at radius 2 is 2.29 bits per heavy atom. The van der Waals surface area contributed by atoms with Gasteiger partial charge < -0.3 is 0 Å². The Morgan fingerprint density at radius 1 is 1.43 bits per heavy atom. The van der Waals surface area contributed by atoms with Crippen LogP contribution < -0.4 is 0 Å². The quantitative estimate of drug-likeness (QED) is 0.844. The maximum atomic E-state index is 4.15. The summed E-state index contributed by atoms with van der Waals surface area (Å²) in [6.45, 7) is 2.16. The molecule has 0 radical (unpaired) electrons. The summed E-state index contributed by atoms with van der Waals surface area (Å²) >= 11 is 3.38. The predicted octanol–water partition coefficient (Wildman–Crippen LogP) is 2.23. The van der Waals surface area contributed by atoms with Crippen LogP contribution in [0.3, 0.4) is 0 Å². The highest BCUT2D eigenvalue weighted by Crippen LogP contribution is 2.10. The van der Waals surface area contributed by atoms with Gasteiger partial charge in [-0.25, -0.2) is 4.98 Å². The SMILES string of the molecule is CCCCc1nnc2ncc(Br)cn12. The minimum Gasteiger partial charge on any atom is -0.269 e. The highest BCUT2D eigenvalue weighted by Gasteiger charge is 2.05. The van der Waals surface area contributed by atoms with Crippen LogP contribution in [0.15, 0.2) is 16.9 Å². The number of halogens is 1. The summed E-state index contributed by atoms with van der Waals surface area (Å²) in [5.74, 6) is 1.65. The molecule has 2 aromatic rings. The molecule has 74 valence electrons. The number of aryl methyl sites for hydroxylation is 1. The van der Waals surface area contributed by atoms with Gasteiger partial charge in [-0.2, -0.15) is 0 Å². The van der Waals surface area contributed by atoms with Crippen LogP contribution in [-0.4, -0.2) is 19.6 Å². The zero-order valence-electron chi connectivity index (χ0n) is 7.94. The lowest BCUT2D eigenvalue weighted by Gasteiger charge is -1.97. The molecule has 0 N–H and O–H groups in total. The summed E-state index contributed by atoms with van der Waals surface area (Å²) in [4.78, 5) is 4.15. The van der Waals surface area contributed by atoms with Crippen LogP contribution in [0.25, 0.3) is 5.78 Å². The Morgan fingerprint density at radius 3 is 3.07 bits per heavy atom. The first kappa shape index (κ1) is 9.58. The molecule has 0 saturated carbocycles. The van der Waals surface area contributed by atoms with Gasteiger partial charge in [0.25, 0.3) is 5.78 Å². The van der Waals surface area contributed by atoms with Crippen LogP contribution >= 0.6 is 15.9 Å². The van der Waals surface area contributed by atoms with Crippen LogP contribution in [0.4, 0.5) is 0 Å². The highest BCUT2D eigenvalue weighted by molar-refractivity contribution is 9.10. The molecule has 0 atom stereocenters. The van der Waals surface area contributed by atoms with Crippen molar-refractivity contribution in [2.24, 2.45) is 0 Å². The lowest BCUT2D eigenvalue weighted by atomic mass is 10.2. The predicted molar refractivity (Wildman–Crippen MR) is 57.1 cm³/mol. The van der Waals surface area contributed by atoms with Gasteiger partial charge in [-0.3, -0.25) is 4.40 Å². The number of fused-ring (bicyclic) bond motifs is 1. The maximum Gasteiger partial charge on any atom is 0.255 e. The van der Waals surface area contributed by atoms with Crippen LogP contribution in [-0.2, 0) is 6.42 Å². The van der Waals surface area contributed by atoms with E-state index in [0.717, 1.165) is 29.6 Å². The van der Waals surface area contributed by atoms with Crippen molar-refractivity contribution in [3.8, 4) is 0 Å². The molecule has 14 heavy (non-hydrogen) atoms. The Bertz CT molecular complexity index is 437. The summed E-state index contributed by atoms with van der Waals surface area (Å²) in [5.41, 5.74) is 0. The zero-order valence-corrected chi connectivity index (χ0v) is 9.53. The minimum absolute atomic E-state index is 0.666. The Hall–Kier alpha value is -0.970. The molecule has 4 nitrogen and oxygen atoms in total. The van der Waals surface area contributed by atoms with E-state index in [9.17, 15) is 0 Å². The van der Waals surface area contributed by atoms with E-state index in [1.54, 1.807) is 6.20 Å². The van der Waals surface area contributed by atoms with E-state index in [1.807, 2.05) is 10.6 Å². The van der Waals surface area contributed by atoms with Crippen molar-refractivity contribution < 1.29 is 0 Å². The lowest BCUT2D eigenvalue weighted by Crippen LogP contribution is -1.95. The number of aromatic nitrogens is 4. The number of hydrogen-bond donors (Lipinski definition) is 0. The van der Waals surface area contributed by atoms with Gasteiger partial charge in [-0.05, 0) is 22.4 Å².